The van der Waals surface area contributed by atoms with Gasteiger partial charge in [-0.2, -0.15) is 0 Å². The number of unbranched alkanes of at least 4 members (excludes halogenated alkanes) is 11. The molecule has 0 N–H and O–H groups in total. The fourth-order valence-corrected chi connectivity index (χ4v) is 6.83. The summed E-state index contributed by atoms with van der Waals surface area (Å²) < 4.78 is 16.7. The molecular weight excluding hydrogens is 877 g/mol. The molecule has 0 aliphatic rings. The van der Waals surface area contributed by atoms with Crippen LogP contribution < -0.4 is 0 Å². The third-order valence-corrected chi connectivity index (χ3v) is 11.0. The molecule has 0 heterocycles. The van der Waals surface area contributed by atoms with E-state index in [4.69, 9.17) is 14.2 Å². The second-order valence-electron chi connectivity index (χ2n) is 17.7. The second-order valence-corrected chi connectivity index (χ2v) is 17.7. The third-order valence-electron chi connectivity index (χ3n) is 11.0. The summed E-state index contributed by atoms with van der Waals surface area (Å²) in [5.74, 6) is -1.14. The molecule has 0 unspecified atom stereocenters. The van der Waals surface area contributed by atoms with Crippen LogP contribution in [0.3, 0.4) is 0 Å². The summed E-state index contributed by atoms with van der Waals surface area (Å²) in [6.07, 6.45) is 83.9. The van der Waals surface area contributed by atoms with Gasteiger partial charge in [0.25, 0.3) is 0 Å². The average molecular weight is 978 g/mol. The number of allylic oxidation sites excluding steroid dienone is 26. The maximum Gasteiger partial charge on any atom is 0.306 e. The molecule has 6 heteroatoms. The van der Waals surface area contributed by atoms with E-state index in [1.165, 1.54) is 51.4 Å². The average Bonchev–Trinajstić information content (AvgIpc) is 3.37. The lowest BCUT2D eigenvalue weighted by Gasteiger charge is -2.18. The molecule has 0 aromatic rings. The van der Waals surface area contributed by atoms with Crippen molar-refractivity contribution in [2.24, 2.45) is 0 Å². The molecule has 396 valence electrons. The van der Waals surface area contributed by atoms with Gasteiger partial charge in [0.05, 0.1) is 0 Å². The Balaban J connectivity index is 4.66. The fraction of sp³-hybridized carbons (Fsp3) is 0.554. The van der Waals surface area contributed by atoms with Crippen LogP contribution in [0.2, 0.25) is 0 Å². The maximum atomic E-state index is 12.8. The zero-order valence-electron chi connectivity index (χ0n) is 45.2. The Morgan fingerprint density at radius 3 is 0.915 bits per heavy atom. The number of carbonyl (C=O) groups excluding carboxylic acids is 3. The highest BCUT2D eigenvalue weighted by Gasteiger charge is 2.19. The largest absolute Gasteiger partial charge is 0.462 e. The highest BCUT2D eigenvalue weighted by atomic mass is 16.6. The Labute approximate surface area is 435 Å². The Bertz CT molecular complexity index is 1640. The first-order valence-electron chi connectivity index (χ1n) is 28.0. The van der Waals surface area contributed by atoms with Crippen molar-refractivity contribution in [2.45, 2.75) is 219 Å². The standard InChI is InChI=1S/C65H100O6/c1-4-7-10-13-16-19-22-25-28-30-32-34-37-39-42-45-48-51-54-57-63(66)69-60-62(71-65(68)59-56-53-50-47-44-41-36-27-24-21-18-15-12-9-6-3)61-70-64(67)58-55-52-49-46-43-40-38-35-33-31-29-26-23-20-17-14-11-8-5-2/h7,10,16-21,25-29,32-36,39-40,42-43,48-49,51-52,62H,4-6,8-9,11-15,22-24,30-31,37-38,41,44-47,50,53-61H2,1-3H3/b10-7-,19-16-,20-17-,21-18-,28-25-,29-26-,34-32-,35-33-,36-27-,42-39-,43-40-,51-48-,52-49-/t62-/m1/s1. The summed E-state index contributed by atoms with van der Waals surface area (Å²) in [5.41, 5.74) is 0. The molecule has 0 bridgehead atoms. The third kappa shape index (κ3) is 55.8. The molecule has 0 aromatic heterocycles. The molecule has 0 rings (SSSR count). The van der Waals surface area contributed by atoms with Crippen molar-refractivity contribution < 1.29 is 28.6 Å². The summed E-state index contributed by atoms with van der Waals surface area (Å²) in [5, 5.41) is 0. The minimum absolute atomic E-state index is 0.154. The van der Waals surface area contributed by atoms with E-state index in [0.717, 1.165) is 109 Å². The number of ether oxygens (including phenoxy) is 3. The van der Waals surface area contributed by atoms with Crippen molar-refractivity contribution in [1.82, 2.24) is 0 Å². The van der Waals surface area contributed by atoms with Gasteiger partial charge < -0.3 is 14.2 Å². The van der Waals surface area contributed by atoms with Crippen molar-refractivity contribution in [1.29, 1.82) is 0 Å². The maximum absolute atomic E-state index is 12.8. The molecule has 0 aliphatic heterocycles. The van der Waals surface area contributed by atoms with Crippen LogP contribution >= 0.6 is 0 Å². The molecule has 0 radical (unpaired) electrons. The SMILES string of the molecule is CC/C=C\C/C=C\C/C=C\C/C=C\C/C=C\C/C=C\CCC(=O)OC[C@H](COC(=O)CC/C=C\C/C=C\C/C=C\C/C=C\C/C=C\CCCCC)OC(=O)CCCCCCC/C=C\C/C=C\CCCCC. The lowest BCUT2D eigenvalue weighted by molar-refractivity contribution is -0.166. The Morgan fingerprint density at radius 1 is 0.296 bits per heavy atom. The molecular formula is C65H100O6. The van der Waals surface area contributed by atoms with E-state index in [1.807, 2.05) is 24.3 Å². The zero-order chi connectivity index (χ0) is 51.4. The van der Waals surface area contributed by atoms with Crippen LogP contribution in [-0.2, 0) is 28.6 Å². The molecule has 0 aromatic carbocycles. The van der Waals surface area contributed by atoms with Crippen LogP contribution in [0.5, 0.6) is 0 Å². The van der Waals surface area contributed by atoms with E-state index in [1.54, 1.807) is 0 Å². The number of hydrogen-bond donors (Lipinski definition) is 0. The van der Waals surface area contributed by atoms with Crippen LogP contribution in [-0.4, -0.2) is 37.2 Å². The highest BCUT2D eigenvalue weighted by molar-refractivity contribution is 5.71. The summed E-state index contributed by atoms with van der Waals surface area (Å²) in [6.45, 7) is 6.31. The Morgan fingerprint density at radius 2 is 0.577 bits per heavy atom. The van der Waals surface area contributed by atoms with Gasteiger partial charge in [-0.1, -0.05) is 224 Å². The Hall–Kier alpha value is -4.97. The minimum atomic E-state index is -0.854. The van der Waals surface area contributed by atoms with E-state index in [2.05, 4.69) is 154 Å². The van der Waals surface area contributed by atoms with Crippen molar-refractivity contribution in [2.75, 3.05) is 13.2 Å². The highest BCUT2D eigenvalue weighted by Crippen LogP contribution is 2.11. The fourth-order valence-electron chi connectivity index (χ4n) is 6.83. The van der Waals surface area contributed by atoms with Gasteiger partial charge >= 0.3 is 17.9 Å². The van der Waals surface area contributed by atoms with Crippen molar-refractivity contribution in [3.05, 3.63) is 158 Å². The summed E-state index contributed by atoms with van der Waals surface area (Å²) in [4.78, 5) is 38.1. The quantitative estimate of drug-likeness (QED) is 0.0262. The zero-order valence-corrected chi connectivity index (χ0v) is 45.2. The van der Waals surface area contributed by atoms with Gasteiger partial charge in [-0.25, -0.2) is 0 Å². The van der Waals surface area contributed by atoms with Crippen LogP contribution in [0, 0.1) is 0 Å². The molecule has 71 heavy (non-hydrogen) atoms. The topological polar surface area (TPSA) is 78.9 Å². The van der Waals surface area contributed by atoms with Gasteiger partial charge in [0.1, 0.15) is 13.2 Å². The minimum Gasteiger partial charge on any atom is -0.462 e. The van der Waals surface area contributed by atoms with Gasteiger partial charge in [0, 0.05) is 19.3 Å². The number of esters is 3. The number of rotatable bonds is 48. The first-order chi connectivity index (χ1) is 35.0. The van der Waals surface area contributed by atoms with E-state index in [-0.39, 0.29) is 50.4 Å². The first kappa shape index (κ1) is 66.0. The molecule has 0 amide bonds. The van der Waals surface area contributed by atoms with Gasteiger partial charge in [0.2, 0.25) is 0 Å². The molecule has 6 nitrogen and oxygen atoms in total. The van der Waals surface area contributed by atoms with Crippen LogP contribution in [0.25, 0.3) is 0 Å². The van der Waals surface area contributed by atoms with E-state index >= 15 is 0 Å². The predicted octanol–water partition coefficient (Wildman–Crippen LogP) is 19.0. The molecule has 0 spiro atoms. The van der Waals surface area contributed by atoms with Crippen molar-refractivity contribution in [3.63, 3.8) is 0 Å². The monoisotopic (exact) mass is 977 g/mol. The second kappa shape index (κ2) is 57.6. The van der Waals surface area contributed by atoms with Crippen LogP contribution in [0.15, 0.2) is 158 Å². The lowest BCUT2D eigenvalue weighted by Crippen LogP contribution is -2.30. The normalized spacial score (nSPS) is 13.3. The van der Waals surface area contributed by atoms with Crippen molar-refractivity contribution in [3.8, 4) is 0 Å². The van der Waals surface area contributed by atoms with E-state index in [0.29, 0.717) is 12.8 Å². The molecule has 0 saturated carbocycles. The van der Waals surface area contributed by atoms with E-state index < -0.39 is 6.10 Å². The van der Waals surface area contributed by atoms with Gasteiger partial charge in [-0.15, -0.1) is 0 Å². The number of carbonyl (C=O) groups is 3. The molecule has 0 aliphatic carbocycles. The van der Waals surface area contributed by atoms with Crippen LogP contribution in [0.4, 0.5) is 0 Å². The first-order valence-corrected chi connectivity index (χ1v) is 28.0. The van der Waals surface area contributed by atoms with Crippen LogP contribution in [0.1, 0.15) is 213 Å². The van der Waals surface area contributed by atoms with Crippen molar-refractivity contribution >= 4 is 17.9 Å². The summed E-state index contributed by atoms with van der Waals surface area (Å²) >= 11 is 0. The van der Waals surface area contributed by atoms with Gasteiger partial charge in [-0.05, 0) is 128 Å². The van der Waals surface area contributed by atoms with Gasteiger partial charge in [-0.3, -0.25) is 14.4 Å². The Kier molecular flexibility index (Phi) is 53.6. The van der Waals surface area contributed by atoms with Gasteiger partial charge in [0.15, 0.2) is 6.10 Å². The number of hydrogen-bond acceptors (Lipinski definition) is 6. The summed E-state index contributed by atoms with van der Waals surface area (Å²) in [6, 6.07) is 0. The molecule has 0 saturated heterocycles. The smallest absolute Gasteiger partial charge is 0.306 e. The molecule has 0 fully saturated rings. The van der Waals surface area contributed by atoms with E-state index in [9.17, 15) is 14.4 Å². The predicted molar refractivity (Wildman–Crippen MR) is 306 cm³/mol. The summed E-state index contributed by atoms with van der Waals surface area (Å²) in [7, 11) is 0. The lowest BCUT2D eigenvalue weighted by atomic mass is 10.1. The molecule has 1 atom stereocenters.